The molecule has 0 aliphatic carbocycles. The number of halogens is 2. The Balaban J connectivity index is 1.59. The van der Waals surface area contributed by atoms with E-state index in [1.807, 2.05) is 12.1 Å². The Kier molecular flexibility index (Phi) is 7.40. The molecule has 0 spiro atoms. The molecule has 0 aromatic heterocycles. The Morgan fingerprint density at radius 2 is 1.81 bits per heavy atom. The van der Waals surface area contributed by atoms with Gasteiger partial charge in [0.15, 0.2) is 11.5 Å². The van der Waals surface area contributed by atoms with E-state index in [1.165, 1.54) is 10.4 Å². The van der Waals surface area contributed by atoms with Gasteiger partial charge in [0.2, 0.25) is 15.9 Å². The van der Waals surface area contributed by atoms with Crippen LogP contribution in [-0.2, 0) is 21.2 Å². The minimum absolute atomic E-state index is 0.0632. The standard InChI is InChI=1S/C21H24ClFN2O5S/c1-29-19-5-3-4-15(21(19)30-2)6-9-20(26)24-10-12-25(13-11-24)31(27,28)16-7-8-18(23)17(22)14-16/h3-5,7-8,14H,6,9-13H2,1-2H3. The van der Waals surface area contributed by atoms with Crippen LogP contribution in [0, 0.1) is 5.82 Å². The van der Waals surface area contributed by atoms with Crippen molar-refractivity contribution in [2.75, 3.05) is 40.4 Å². The summed E-state index contributed by atoms with van der Waals surface area (Å²) >= 11 is 5.72. The molecule has 31 heavy (non-hydrogen) atoms. The number of para-hydroxylation sites is 1. The number of nitrogens with zero attached hydrogens (tertiary/aromatic N) is 2. The molecule has 7 nitrogen and oxygen atoms in total. The third kappa shape index (κ3) is 5.11. The minimum atomic E-state index is -3.81. The van der Waals surface area contributed by atoms with Gasteiger partial charge in [-0.3, -0.25) is 4.79 Å². The lowest BCUT2D eigenvalue weighted by atomic mass is 10.1. The van der Waals surface area contributed by atoms with Crippen molar-refractivity contribution in [3.05, 3.63) is 52.8 Å². The van der Waals surface area contributed by atoms with Gasteiger partial charge in [0.05, 0.1) is 24.1 Å². The van der Waals surface area contributed by atoms with Crippen LogP contribution in [-0.4, -0.2) is 63.9 Å². The Morgan fingerprint density at radius 3 is 2.42 bits per heavy atom. The van der Waals surface area contributed by atoms with Crippen LogP contribution in [0.3, 0.4) is 0 Å². The number of ether oxygens (including phenoxy) is 2. The summed E-state index contributed by atoms with van der Waals surface area (Å²) < 4.78 is 50.9. The van der Waals surface area contributed by atoms with E-state index in [-0.39, 0.29) is 48.4 Å². The molecular weight excluding hydrogens is 447 g/mol. The maximum absolute atomic E-state index is 13.4. The Morgan fingerprint density at radius 1 is 1.10 bits per heavy atom. The molecule has 1 fully saturated rings. The van der Waals surface area contributed by atoms with Gasteiger partial charge in [-0.15, -0.1) is 0 Å². The molecule has 0 N–H and O–H groups in total. The molecule has 0 atom stereocenters. The van der Waals surface area contributed by atoms with E-state index in [1.54, 1.807) is 25.2 Å². The number of piperazine rings is 1. The van der Waals surface area contributed by atoms with Crippen molar-refractivity contribution in [2.45, 2.75) is 17.7 Å². The normalized spacial score (nSPS) is 15.0. The van der Waals surface area contributed by atoms with Crippen molar-refractivity contribution in [1.82, 2.24) is 9.21 Å². The van der Waals surface area contributed by atoms with Crippen molar-refractivity contribution < 1.29 is 27.1 Å². The monoisotopic (exact) mass is 470 g/mol. The molecule has 0 unspecified atom stereocenters. The number of hydrogen-bond acceptors (Lipinski definition) is 5. The zero-order valence-corrected chi connectivity index (χ0v) is 18.9. The second-order valence-corrected chi connectivity index (χ2v) is 9.36. The number of sulfonamides is 1. The number of rotatable bonds is 7. The fourth-order valence-corrected chi connectivity index (χ4v) is 5.21. The van der Waals surface area contributed by atoms with Gasteiger partial charge in [0.25, 0.3) is 0 Å². The average Bonchev–Trinajstić information content (AvgIpc) is 2.78. The maximum Gasteiger partial charge on any atom is 0.243 e. The molecule has 1 amide bonds. The van der Waals surface area contributed by atoms with Crippen molar-refractivity contribution in [1.29, 1.82) is 0 Å². The molecule has 0 saturated carbocycles. The molecule has 1 heterocycles. The van der Waals surface area contributed by atoms with Crippen LogP contribution in [0.5, 0.6) is 11.5 Å². The number of aryl methyl sites for hydroxylation is 1. The van der Waals surface area contributed by atoms with Crippen LogP contribution >= 0.6 is 11.6 Å². The van der Waals surface area contributed by atoms with Crippen LogP contribution in [0.2, 0.25) is 5.02 Å². The highest BCUT2D eigenvalue weighted by atomic mass is 35.5. The highest BCUT2D eigenvalue weighted by Crippen LogP contribution is 2.31. The molecule has 0 radical (unpaired) electrons. The number of amides is 1. The van der Waals surface area contributed by atoms with E-state index in [4.69, 9.17) is 21.1 Å². The zero-order valence-electron chi connectivity index (χ0n) is 17.3. The largest absolute Gasteiger partial charge is 0.493 e. The smallest absolute Gasteiger partial charge is 0.243 e. The Bertz CT molecular complexity index is 1060. The van der Waals surface area contributed by atoms with Crippen LogP contribution in [0.15, 0.2) is 41.3 Å². The molecule has 2 aromatic carbocycles. The van der Waals surface area contributed by atoms with Crippen LogP contribution in [0.1, 0.15) is 12.0 Å². The highest BCUT2D eigenvalue weighted by molar-refractivity contribution is 7.89. The lowest BCUT2D eigenvalue weighted by molar-refractivity contribution is -0.132. The summed E-state index contributed by atoms with van der Waals surface area (Å²) in [5, 5.41) is -0.247. The second-order valence-electron chi connectivity index (χ2n) is 7.01. The van der Waals surface area contributed by atoms with Gasteiger partial charge < -0.3 is 14.4 Å². The van der Waals surface area contributed by atoms with E-state index in [9.17, 15) is 17.6 Å². The van der Waals surface area contributed by atoms with Gasteiger partial charge in [-0.25, -0.2) is 12.8 Å². The lowest BCUT2D eigenvalue weighted by Gasteiger charge is -2.34. The molecule has 168 valence electrons. The molecule has 10 heteroatoms. The van der Waals surface area contributed by atoms with E-state index in [2.05, 4.69) is 0 Å². The Labute approximate surface area is 186 Å². The van der Waals surface area contributed by atoms with Gasteiger partial charge in [-0.1, -0.05) is 23.7 Å². The SMILES string of the molecule is COc1cccc(CCC(=O)N2CCN(S(=O)(=O)c3ccc(F)c(Cl)c3)CC2)c1OC. The fourth-order valence-electron chi connectivity index (χ4n) is 3.51. The number of carbonyl (C=O) groups is 1. The quantitative estimate of drug-likeness (QED) is 0.622. The second kappa shape index (κ2) is 9.84. The summed E-state index contributed by atoms with van der Waals surface area (Å²) in [5.41, 5.74) is 0.865. The van der Waals surface area contributed by atoms with Gasteiger partial charge in [0.1, 0.15) is 5.82 Å². The summed E-state index contributed by atoms with van der Waals surface area (Å²) in [6, 6.07) is 8.83. The van der Waals surface area contributed by atoms with Crippen molar-refractivity contribution in [2.24, 2.45) is 0 Å². The number of carbonyl (C=O) groups excluding carboxylic acids is 1. The van der Waals surface area contributed by atoms with E-state index in [0.29, 0.717) is 17.9 Å². The third-order valence-electron chi connectivity index (χ3n) is 5.21. The molecule has 3 rings (SSSR count). The predicted octanol–water partition coefficient (Wildman–Crippen LogP) is 2.96. The van der Waals surface area contributed by atoms with Gasteiger partial charge in [0, 0.05) is 32.6 Å². The van der Waals surface area contributed by atoms with Crippen molar-refractivity contribution in [3.8, 4) is 11.5 Å². The topological polar surface area (TPSA) is 76.2 Å². The van der Waals surface area contributed by atoms with E-state index in [0.717, 1.165) is 17.7 Å². The summed E-state index contributed by atoms with van der Waals surface area (Å²) in [6.07, 6.45) is 0.746. The third-order valence-corrected chi connectivity index (χ3v) is 7.40. The zero-order chi connectivity index (χ0) is 22.6. The average molecular weight is 471 g/mol. The predicted molar refractivity (Wildman–Crippen MR) is 115 cm³/mol. The first kappa shape index (κ1) is 23.3. The number of benzene rings is 2. The summed E-state index contributed by atoms with van der Waals surface area (Å²) in [6.45, 7) is 0.877. The first-order chi connectivity index (χ1) is 14.8. The molecular formula is C21H24ClFN2O5S. The first-order valence-electron chi connectivity index (χ1n) is 9.70. The van der Waals surface area contributed by atoms with Crippen molar-refractivity contribution >= 4 is 27.5 Å². The van der Waals surface area contributed by atoms with Crippen LogP contribution in [0.4, 0.5) is 4.39 Å². The molecule has 1 aliphatic rings. The molecule has 1 aliphatic heterocycles. The van der Waals surface area contributed by atoms with E-state index >= 15 is 0 Å². The van der Waals surface area contributed by atoms with Crippen LogP contribution < -0.4 is 9.47 Å². The van der Waals surface area contributed by atoms with Gasteiger partial charge in [-0.2, -0.15) is 4.31 Å². The Hall–Kier alpha value is -2.36. The summed E-state index contributed by atoms with van der Waals surface area (Å²) in [5.74, 6) is 0.467. The molecule has 2 aromatic rings. The van der Waals surface area contributed by atoms with E-state index < -0.39 is 15.8 Å². The summed E-state index contributed by atoms with van der Waals surface area (Å²) in [7, 11) is -0.700. The lowest BCUT2D eigenvalue weighted by Crippen LogP contribution is -2.50. The highest BCUT2D eigenvalue weighted by Gasteiger charge is 2.30. The van der Waals surface area contributed by atoms with Gasteiger partial charge in [-0.05, 0) is 36.2 Å². The number of methoxy groups -OCH3 is 2. The first-order valence-corrected chi connectivity index (χ1v) is 11.5. The maximum atomic E-state index is 13.4. The number of hydrogen-bond donors (Lipinski definition) is 0. The molecule has 1 saturated heterocycles. The van der Waals surface area contributed by atoms with Gasteiger partial charge >= 0.3 is 0 Å². The summed E-state index contributed by atoms with van der Waals surface area (Å²) in [4.78, 5) is 14.2. The van der Waals surface area contributed by atoms with Crippen LogP contribution in [0.25, 0.3) is 0 Å². The minimum Gasteiger partial charge on any atom is -0.493 e. The van der Waals surface area contributed by atoms with Crippen molar-refractivity contribution in [3.63, 3.8) is 0 Å². The fraction of sp³-hybridized carbons (Fsp3) is 0.381. The molecule has 0 bridgehead atoms.